The second-order valence-corrected chi connectivity index (χ2v) is 4.06. The van der Waals surface area contributed by atoms with E-state index in [9.17, 15) is 0 Å². The first-order valence-corrected chi connectivity index (χ1v) is 5.35. The van der Waals surface area contributed by atoms with Crippen LogP contribution < -0.4 is 4.90 Å². The molecule has 0 N–H and O–H groups in total. The minimum Gasteiger partial charge on any atom is -0.351 e. The SMILES string of the molecule is Cc1cnc(N2CC(n3cccn3)C2)cn1. The Morgan fingerprint density at radius 2 is 2.12 bits per heavy atom. The number of aromatic nitrogens is 4. The molecule has 3 heterocycles. The number of nitrogens with zero attached hydrogens (tertiary/aromatic N) is 5. The maximum atomic E-state index is 4.35. The molecule has 16 heavy (non-hydrogen) atoms. The van der Waals surface area contributed by atoms with Gasteiger partial charge in [0.15, 0.2) is 0 Å². The van der Waals surface area contributed by atoms with Gasteiger partial charge in [0.05, 0.1) is 24.1 Å². The number of hydrogen-bond donors (Lipinski definition) is 0. The van der Waals surface area contributed by atoms with E-state index in [-0.39, 0.29) is 0 Å². The lowest BCUT2D eigenvalue weighted by Gasteiger charge is -2.39. The molecular weight excluding hydrogens is 202 g/mol. The van der Waals surface area contributed by atoms with Crippen LogP contribution in [-0.2, 0) is 0 Å². The van der Waals surface area contributed by atoms with Gasteiger partial charge < -0.3 is 4.90 Å². The van der Waals surface area contributed by atoms with E-state index in [1.165, 1.54) is 0 Å². The molecule has 5 heteroatoms. The second kappa shape index (κ2) is 3.59. The normalized spacial score (nSPS) is 16.2. The predicted octanol–water partition coefficient (Wildman–Crippen LogP) is 1.04. The molecule has 0 atom stereocenters. The summed E-state index contributed by atoms with van der Waals surface area (Å²) in [6.07, 6.45) is 7.45. The zero-order valence-corrected chi connectivity index (χ0v) is 9.11. The van der Waals surface area contributed by atoms with Gasteiger partial charge in [-0.3, -0.25) is 9.67 Å². The summed E-state index contributed by atoms with van der Waals surface area (Å²) in [5.74, 6) is 0.953. The van der Waals surface area contributed by atoms with Crippen molar-refractivity contribution < 1.29 is 0 Å². The Hall–Kier alpha value is -1.91. The van der Waals surface area contributed by atoms with Crippen LogP contribution in [0.15, 0.2) is 30.9 Å². The van der Waals surface area contributed by atoms with Crippen molar-refractivity contribution in [1.29, 1.82) is 0 Å². The lowest BCUT2D eigenvalue weighted by Crippen LogP contribution is -2.48. The first kappa shape index (κ1) is 9.33. The Labute approximate surface area is 93.7 Å². The first-order chi connectivity index (χ1) is 7.83. The molecule has 0 bridgehead atoms. The van der Waals surface area contributed by atoms with Gasteiger partial charge in [0.2, 0.25) is 0 Å². The number of anilines is 1. The monoisotopic (exact) mass is 215 g/mol. The summed E-state index contributed by atoms with van der Waals surface area (Å²) in [6.45, 7) is 3.86. The minimum absolute atomic E-state index is 0.470. The summed E-state index contributed by atoms with van der Waals surface area (Å²) >= 11 is 0. The molecule has 3 rings (SSSR count). The fourth-order valence-corrected chi connectivity index (χ4v) is 1.86. The van der Waals surface area contributed by atoms with Crippen molar-refractivity contribution in [3.8, 4) is 0 Å². The topological polar surface area (TPSA) is 46.8 Å². The van der Waals surface area contributed by atoms with Crippen LogP contribution in [0.5, 0.6) is 0 Å². The molecule has 1 fully saturated rings. The van der Waals surface area contributed by atoms with Gasteiger partial charge in [-0.1, -0.05) is 0 Å². The van der Waals surface area contributed by atoms with E-state index in [0.29, 0.717) is 6.04 Å². The quantitative estimate of drug-likeness (QED) is 0.751. The van der Waals surface area contributed by atoms with Crippen LogP contribution >= 0.6 is 0 Å². The Morgan fingerprint density at radius 3 is 2.75 bits per heavy atom. The molecule has 1 saturated heterocycles. The largest absolute Gasteiger partial charge is 0.351 e. The minimum atomic E-state index is 0.470. The second-order valence-electron chi connectivity index (χ2n) is 4.06. The van der Waals surface area contributed by atoms with Crippen molar-refractivity contribution in [1.82, 2.24) is 19.7 Å². The molecular formula is C11H13N5. The van der Waals surface area contributed by atoms with E-state index in [1.807, 2.05) is 36.3 Å². The van der Waals surface area contributed by atoms with Gasteiger partial charge in [-0.15, -0.1) is 0 Å². The zero-order chi connectivity index (χ0) is 11.0. The molecule has 0 saturated carbocycles. The number of hydrogen-bond acceptors (Lipinski definition) is 4. The van der Waals surface area contributed by atoms with E-state index in [4.69, 9.17) is 0 Å². The summed E-state index contributed by atoms with van der Waals surface area (Å²) < 4.78 is 2.00. The molecule has 82 valence electrons. The molecule has 5 nitrogen and oxygen atoms in total. The van der Waals surface area contributed by atoms with Crippen LogP contribution in [0.1, 0.15) is 11.7 Å². The van der Waals surface area contributed by atoms with Crippen molar-refractivity contribution in [2.75, 3.05) is 18.0 Å². The van der Waals surface area contributed by atoms with Crippen LogP contribution in [0.4, 0.5) is 5.82 Å². The van der Waals surface area contributed by atoms with E-state index in [2.05, 4.69) is 20.0 Å². The van der Waals surface area contributed by atoms with Crippen LogP contribution in [0.25, 0.3) is 0 Å². The number of rotatable bonds is 2. The van der Waals surface area contributed by atoms with Crippen molar-refractivity contribution >= 4 is 5.82 Å². The standard InChI is InChI=1S/C11H13N5/c1-9-5-13-11(6-12-9)15-7-10(8-15)16-4-2-3-14-16/h2-6,10H,7-8H2,1H3. The first-order valence-electron chi connectivity index (χ1n) is 5.35. The Balaban J connectivity index is 1.67. The van der Waals surface area contributed by atoms with Crippen molar-refractivity contribution in [3.63, 3.8) is 0 Å². The average molecular weight is 215 g/mol. The molecule has 0 aliphatic carbocycles. The van der Waals surface area contributed by atoms with E-state index in [0.717, 1.165) is 24.6 Å². The lowest BCUT2D eigenvalue weighted by molar-refractivity contribution is 0.365. The van der Waals surface area contributed by atoms with Gasteiger partial charge in [0.25, 0.3) is 0 Å². The highest BCUT2D eigenvalue weighted by Gasteiger charge is 2.29. The Morgan fingerprint density at radius 1 is 1.25 bits per heavy atom. The molecule has 1 aliphatic rings. The van der Waals surface area contributed by atoms with Crippen LogP contribution in [-0.4, -0.2) is 32.8 Å². The van der Waals surface area contributed by atoms with Gasteiger partial charge in [-0.2, -0.15) is 5.10 Å². The average Bonchev–Trinajstić information content (AvgIpc) is 2.72. The molecule has 0 amide bonds. The van der Waals surface area contributed by atoms with E-state index < -0.39 is 0 Å². The summed E-state index contributed by atoms with van der Waals surface area (Å²) in [4.78, 5) is 10.8. The Bertz CT molecular complexity index is 456. The van der Waals surface area contributed by atoms with E-state index in [1.54, 1.807) is 6.20 Å². The zero-order valence-electron chi connectivity index (χ0n) is 9.11. The fourth-order valence-electron chi connectivity index (χ4n) is 1.86. The smallest absolute Gasteiger partial charge is 0.147 e. The van der Waals surface area contributed by atoms with Gasteiger partial charge in [-0.25, -0.2) is 4.98 Å². The number of aryl methyl sites for hydroxylation is 1. The van der Waals surface area contributed by atoms with Crippen LogP contribution in [0.2, 0.25) is 0 Å². The van der Waals surface area contributed by atoms with Gasteiger partial charge in [0.1, 0.15) is 5.82 Å². The lowest BCUT2D eigenvalue weighted by atomic mass is 10.1. The molecule has 2 aromatic heterocycles. The molecule has 0 aromatic carbocycles. The van der Waals surface area contributed by atoms with Crippen LogP contribution in [0, 0.1) is 6.92 Å². The summed E-state index contributed by atoms with van der Waals surface area (Å²) in [6, 6.07) is 2.42. The highest BCUT2D eigenvalue weighted by molar-refractivity contribution is 5.39. The van der Waals surface area contributed by atoms with Gasteiger partial charge in [0, 0.05) is 25.5 Å². The molecule has 2 aromatic rings. The molecule has 1 aliphatic heterocycles. The summed E-state index contributed by atoms with van der Waals surface area (Å²) in [5, 5.41) is 4.23. The molecule has 0 radical (unpaired) electrons. The van der Waals surface area contributed by atoms with Gasteiger partial charge >= 0.3 is 0 Å². The molecule has 0 unspecified atom stereocenters. The van der Waals surface area contributed by atoms with E-state index >= 15 is 0 Å². The van der Waals surface area contributed by atoms with Crippen molar-refractivity contribution in [2.45, 2.75) is 13.0 Å². The highest BCUT2D eigenvalue weighted by Crippen LogP contribution is 2.24. The predicted molar refractivity (Wildman–Crippen MR) is 60.2 cm³/mol. The third-order valence-corrected chi connectivity index (χ3v) is 2.85. The van der Waals surface area contributed by atoms with Crippen LogP contribution in [0.3, 0.4) is 0 Å². The third kappa shape index (κ3) is 1.54. The fraction of sp³-hybridized carbons (Fsp3) is 0.364. The van der Waals surface area contributed by atoms with Crippen molar-refractivity contribution in [2.24, 2.45) is 0 Å². The molecule has 0 spiro atoms. The maximum absolute atomic E-state index is 4.35. The third-order valence-electron chi connectivity index (χ3n) is 2.85. The maximum Gasteiger partial charge on any atom is 0.147 e. The summed E-state index contributed by atoms with van der Waals surface area (Å²) in [7, 11) is 0. The Kier molecular flexibility index (Phi) is 2.09. The highest BCUT2D eigenvalue weighted by atomic mass is 15.4. The van der Waals surface area contributed by atoms with Crippen molar-refractivity contribution in [3.05, 3.63) is 36.5 Å². The summed E-state index contributed by atoms with van der Waals surface area (Å²) in [5.41, 5.74) is 0.952. The van der Waals surface area contributed by atoms with Gasteiger partial charge in [-0.05, 0) is 13.0 Å².